The minimum atomic E-state index is 0.553. The second kappa shape index (κ2) is 4.27. The molecule has 5 heteroatoms. The quantitative estimate of drug-likeness (QED) is 0.800. The van der Waals surface area contributed by atoms with Crippen molar-refractivity contribution in [2.45, 2.75) is 6.92 Å². The van der Waals surface area contributed by atoms with Crippen LogP contribution in [0.5, 0.6) is 16.7 Å². The third-order valence-corrected chi connectivity index (χ3v) is 2.46. The van der Waals surface area contributed by atoms with Gasteiger partial charge < -0.3 is 9.47 Å². The Morgan fingerprint density at radius 2 is 1.80 bits per heavy atom. The van der Waals surface area contributed by atoms with E-state index in [9.17, 15) is 0 Å². The van der Waals surface area contributed by atoms with Crippen molar-refractivity contribution in [3.8, 4) is 16.7 Å². The lowest BCUT2D eigenvalue weighted by molar-refractivity contribution is 0.412. The third kappa shape index (κ3) is 2.44. The van der Waals surface area contributed by atoms with Gasteiger partial charge >= 0.3 is 0 Å². The number of hydrogen-bond donors (Lipinski definition) is 0. The van der Waals surface area contributed by atoms with Gasteiger partial charge in [0.2, 0.25) is 0 Å². The fraction of sp³-hybridized carbons (Fsp3) is 0.200. The molecule has 0 unspecified atom stereocenters. The summed E-state index contributed by atoms with van der Waals surface area (Å²) in [5.41, 5.74) is 0. The van der Waals surface area contributed by atoms with Gasteiger partial charge in [-0.25, -0.2) is 0 Å². The van der Waals surface area contributed by atoms with E-state index >= 15 is 0 Å². The van der Waals surface area contributed by atoms with Crippen molar-refractivity contribution in [2.75, 3.05) is 7.11 Å². The molecule has 0 amide bonds. The highest BCUT2D eigenvalue weighted by Gasteiger charge is 2.02. The molecule has 0 fully saturated rings. The third-order valence-electron chi connectivity index (χ3n) is 1.77. The van der Waals surface area contributed by atoms with Crippen LogP contribution >= 0.6 is 11.5 Å². The van der Waals surface area contributed by atoms with Crippen LogP contribution in [-0.2, 0) is 0 Å². The Kier molecular flexibility index (Phi) is 2.82. The minimum absolute atomic E-state index is 0.553. The summed E-state index contributed by atoms with van der Waals surface area (Å²) in [6, 6.07) is 7.33. The monoisotopic (exact) mass is 222 g/mol. The van der Waals surface area contributed by atoms with Crippen LogP contribution in [0, 0.1) is 6.92 Å². The molecule has 78 valence electrons. The summed E-state index contributed by atoms with van der Waals surface area (Å²) in [6.45, 7) is 1.83. The van der Waals surface area contributed by atoms with Gasteiger partial charge in [-0.15, -0.1) is 0 Å². The van der Waals surface area contributed by atoms with Gasteiger partial charge in [0.15, 0.2) is 0 Å². The van der Waals surface area contributed by atoms with E-state index in [2.05, 4.69) is 9.36 Å². The van der Waals surface area contributed by atoms with Gasteiger partial charge in [0.25, 0.3) is 5.19 Å². The maximum Gasteiger partial charge on any atom is 0.298 e. The van der Waals surface area contributed by atoms with Crippen LogP contribution in [0.15, 0.2) is 24.3 Å². The van der Waals surface area contributed by atoms with Gasteiger partial charge in [0.1, 0.15) is 17.3 Å². The zero-order valence-corrected chi connectivity index (χ0v) is 9.25. The summed E-state index contributed by atoms with van der Waals surface area (Å²) < 4.78 is 14.6. The normalized spacial score (nSPS) is 10.0. The van der Waals surface area contributed by atoms with Crippen molar-refractivity contribution in [1.82, 2.24) is 9.36 Å². The average Bonchev–Trinajstić information content (AvgIpc) is 2.65. The highest BCUT2D eigenvalue weighted by atomic mass is 32.1. The van der Waals surface area contributed by atoms with Crippen molar-refractivity contribution in [2.24, 2.45) is 0 Å². The minimum Gasteiger partial charge on any atom is -0.497 e. The van der Waals surface area contributed by atoms with E-state index in [-0.39, 0.29) is 0 Å². The molecule has 1 aromatic heterocycles. The molecule has 15 heavy (non-hydrogen) atoms. The molecule has 0 aliphatic heterocycles. The SMILES string of the molecule is COc1ccc(Oc2nc(C)ns2)cc1. The first-order valence-electron chi connectivity index (χ1n) is 4.40. The smallest absolute Gasteiger partial charge is 0.298 e. The standard InChI is InChI=1S/C10H10N2O2S/c1-7-11-10(15-12-7)14-9-5-3-8(13-2)4-6-9/h3-6H,1-2H3. The highest BCUT2D eigenvalue weighted by molar-refractivity contribution is 7.07. The second-order valence-electron chi connectivity index (χ2n) is 2.89. The van der Waals surface area contributed by atoms with E-state index in [4.69, 9.17) is 9.47 Å². The number of rotatable bonds is 3. The van der Waals surface area contributed by atoms with Crippen molar-refractivity contribution in [3.05, 3.63) is 30.1 Å². The van der Waals surface area contributed by atoms with Crippen LogP contribution in [0.3, 0.4) is 0 Å². The number of aromatic nitrogens is 2. The van der Waals surface area contributed by atoms with Crippen LogP contribution in [0.2, 0.25) is 0 Å². The number of benzene rings is 1. The number of ether oxygens (including phenoxy) is 2. The molecular weight excluding hydrogens is 212 g/mol. The van der Waals surface area contributed by atoms with Crippen LogP contribution in [0.4, 0.5) is 0 Å². The highest BCUT2D eigenvalue weighted by Crippen LogP contribution is 2.24. The Morgan fingerprint density at radius 1 is 1.13 bits per heavy atom. The molecule has 4 nitrogen and oxygen atoms in total. The van der Waals surface area contributed by atoms with Crippen molar-refractivity contribution in [1.29, 1.82) is 0 Å². The zero-order chi connectivity index (χ0) is 10.7. The number of aryl methyl sites for hydroxylation is 1. The molecule has 0 aliphatic rings. The summed E-state index contributed by atoms with van der Waals surface area (Å²) in [4.78, 5) is 4.10. The maximum absolute atomic E-state index is 5.49. The first kappa shape index (κ1) is 9.92. The van der Waals surface area contributed by atoms with Crippen LogP contribution < -0.4 is 9.47 Å². The van der Waals surface area contributed by atoms with Crippen LogP contribution in [0.1, 0.15) is 5.82 Å². The second-order valence-corrected chi connectivity index (χ2v) is 3.60. The molecule has 0 saturated heterocycles. The average molecular weight is 222 g/mol. The van der Waals surface area contributed by atoms with E-state index in [0.29, 0.717) is 5.19 Å². The summed E-state index contributed by atoms with van der Waals surface area (Å²) in [5.74, 6) is 2.26. The van der Waals surface area contributed by atoms with Crippen LogP contribution in [-0.4, -0.2) is 16.5 Å². The molecule has 0 N–H and O–H groups in total. The summed E-state index contributed by atoms with van der Waals surface area (Å²) in [6.07, 6.45) is 0. The van der Waals surface area contributed by atoms with Gasteiger partial charge in [-0.3, -0.25) is 0 Å². The molecule has 1 aromatic carbocycles. The molecule has 0 spiro atoms. The van der Waals surface area contributed by atoms with E-state index < -0.39 is 0 Å². The van der Waals surface area contributed by atoms with E-state index in [0.717, 1.165) is 17.3 Å². The number of hydrogen-bond acceptors (Lipinski definition) is 5. The van der Waals surface area contributed by atoms with Gasteiger partial charge in [0.05, 0.1) is 7.11 Å². The Hall–Kier alpha value is -1.62. The first-order valence-corrected chi connectivity index (χ1v) is 5.17. The van der Waals surface area contributed by atoms with E-state index in [1.807, 2.05) is 31.2 Å². The van der Waals surface area contributed by atoms with Crippen LogP contribution in [0.25, 0.3) is 0 Å². The first-order chi connectivity index (χ1) is 7.28. The topological polar surface area (TPSA) is 44.2 Å². The zero-order valence-electron chi connectivity index (χ0n) is 8.43. The lowest BCUT2D eigenvalue weighted by Crippen LogP contribution is -1.85. The lowest BCUT2D eigenvalue weighted by Gasteiger charge is -2.02. The predicted octanol–water partition coefficient (Wildman–Crippen LogP) is 2.65. The van der Waals surface area contributed by atoms with Gasteiger partial charge in [-0.1, -0.05) is 0 Å². The van der Waals surface area contributed by atoms with E-state index in [1.165, 1.54) is 11.5 Å². The lowest BCUT2D eigenvalue weighted by atomic mass is 10.3. The molecule has 0 aliphatic carbocycles. The summed E-state index contributed by atoms with van der Waals surface area (Å²) in [5, 5.41) is 0.553. The fourth-order valence-corrected chi connectivity index (χ4v) is 1.62. The Labute approximate surface area is 91.7 Å². The van der Waals surface area contributed by atoms with Gasteiger partial charge in [-0.05, 0) is 31.2 Å². The molecule has 0 saturated carbocycles. The van der Waals surface area contributed by atoms with Crippen molar-refractivity contribution < 1.29 is 9.47 Å². The number of nitrogens with zero attached hydrogens (tertiary/aromatic N) is 2. The molecule has 0 bridgehead atoms. The molecule has 0 atom stereocenters. The number of methoxy groups -OCH3 is 1. The van der Waals surface area contributed by atoms with Gasteiger partial charge in [-0.2, -0.15) is 9.36 Å². The Balaban J connectivity index is 2.11. The van der Waals surface area contributed by atoms with Crippen molar-refractivity contribution in [3.63, 3.8) is 0 Å². The predicted molar refractivity (Wildman–Crippen MR) is 57.7 cm³/mol. The maximum atomic E-state index is 5.49. The molecule has 2 rings (SSSR count). The Bertz CT molecular complexity index is 439. The summed E-state index contributed by atoms with van der Waals surface area (Å²) >= 11 is 1.24. The van der Waals surface area contributed by atoms with E-state index in [1.54, 1.807) is 7.11 Å². The van der Waals surface area contributed by atoms with Gasteiger partial charge in [0, 0.05) is 11.5 Å². The largest absolute Gasteiger partial charge is 0.497 e. The molecule has 0 radical (unpaired) electrons. The fourth-order valence-electron chi connectivity index (χ4n) is 1.06. The molecule has 2 aromatic rings. The van der Waals surface area contributed by atoms with Crippen molar-refractivity contribution >= 4 is 11.5 Å². The Morgan fingerprint density at radius 3 is 2.33 bits per heavy atom. The molecule has 1 heterocycles. The molecular formula is C10H10N2O2S. The summed E-state index contributed by atoms with van der Waals surface area (Å²) in [7, 11) is 1.63.